The SMILES string of the molecule is CC(C)c1ccccc1-c1ccc(N(c2ccc(-c3cccc4c3sc3ccccc34)cc2)c2cccc(-c3cc(-c4ccccc4-c4ccccc4)c4ccccc4n3)c2)cc1. The van der Waals surface area contributed by atoms with Crippen molar-refractivity contribution < 1.29 is 0 Å². The third-order valence-corrected chi connectivity index (χ3v) is 13.5. The zero-order chi connectivity index (χ0) is 42.3. The van der Waals surface area contributed by atoms with Gasteiger partial charge in [-0.15, -0.1) is 11.3 Å². The molecule has 0 N–H and O–H groups in total. The van der Waals surface area contributed by atoms with Crippen LogP contribution >= 0.6 is 11.3 Å². The third-order valence-electron chi connectivity index (χ3n) is 12.3. The highest BCUT2D eigenvalue weighted by Gasteiger charge is 2.19. The van der Waals surface area contributed by atoms with Crippen LogP contribution in [0.5, 0.6) is 0 Å². The van der Waals surface area contributed by atoms with E-state index in [1.807, 2.05) is 11.3 Å². The van der Waals surface area contributed by atoms with Crippen molar-refractivity contribution in [1.29, 1.82) is 0 Å². The monoisotopic (exact) mass is 824 g/mol. The lowest BCUT2D eigenvalue weighted by Crippen LogP contribution is -2.10. The number of nitrogens with zero attached hydrogens (tertiary/aromatic N) is 2. The normalized spacial score (nSPS) is 11.5. The van der Waals surface area contributed by atoms with Gasteiger partial charge in [0.05, 0.1) is 11.2 Å². The number of aromatic nitrogens is 1. The van der Waals surface area contributed by atoms with Gasteiger partial charge < -0.3 is 4.90 Å². The van der Waals surface area contributed by atoms with Crippen molar-refractivity contribution in [3.05, 3.63) is 230 Å². The number of hydrogen-bond donors (Lipinski definition) is 0. The van der Waals surface area contributed by atoms with Gasteiger partial charge in [-0.2, -0.15) is 0 Å². The second kappa shape index (κ2) is 16.4. The summed E-state index contributed by atoms with van der Waals surface area (Å²) in [5.74, 6) is 0.424. The molecule has 2 heterocycles. The minimum Gasteiger partial charge on any atom is -0.310 e. The van der Waals surface area contributed by atoms with Gasteiger partial charge in [-0.3, -0.25) is 0 Å². The standard InChI is InChI=1S/C60H44N2S/c1-40(2)48-20-6-7-21-49(48)42-30-34-45(35-31-42)62(46-36-32-43(33-37-46)51-26-15-27-55-54-25-11-13-29-59(54)63-60(51)55)47-19-14-18-44(38-47)58-39-56(53-24-10-12-28-57(53)61-58)52-23-9-8-22-50(52)41-16-4-3-5-17-41/h3-40H,1-2H3. The largest absolute Gasteiger partial charge is 0.310 e. The summed E-state index contributed by atoms with van der Waals surface area (Å²) in [5, 5.41) is 3.76. The molecule has 0 fully saturated rings. The molecule has 9 aromatic carbocycles. The van der Waals surface area contributed by atoms with Crippen LogP contribution in [-0.2, 0) is 0 Å². The number of hydrogen-bond acceptors (Lipinski definition) is 3. The summed E-state index contributed by atoms with van der Waals surface area (Å²) in [6.07, 6.45) is 0. The molecule has 0 spiro atoms. The predicted molar refractivity (Wildman–Crippen MR) is 271 cm³/mol. The van der Waals surface area contributed by atoms with Crippen molar-refractivity contribution in [2.45, 2.75) is 19.8 Å². The Bertz CT molecular complexity index is 3420. The second-order valence-corrected chi connectivity index (χ2v) is 17.5. The quantitative estimate of drug-likeness (QED) is 0.144. The molecule has 300 valence electrons. The van der Waals surface area contributed by atoms with Crippen LogP contribution in [0, 0.1) is 0 Å². The van der Waals surface area contributed by atoms with Crippen LogP contribution in [0.2, 0.25) is 0 Å². The molecule has 0 amide bonds. The summed E-state index contributed by atoms with van der Waals surface area (Å²) in [6.45, 7) is 4.53. The summed E-state index contributed by atoms with van der Waals surface area (Å²) < 4.78 is 2.64. The predicted octanol–water partition coefficient (Wildman–Crippen LogP) is 17.5. The first-order valence-corrected chi connectivity index (χ1v) is 22.5. The van der Waals surface area contributed by atoms with Crippen molar-refractivity contribution in [1.82, 2.24) is 4.98 Å². The van der Waals surface area contributed by atoms with Gasteiger partial charge in [0.2, 0.25) is 0 Å². The van der Waals surface area contributed by atoms with Crippen LogP contribution in [0.1, 0.15) is 25.3 Å². The van der Waals surface area contributed by atoms with E-state index in [0.717, 1.165) is 39.2 Å². The van der Waals surface area contributed by atoms with E-state index < -0.39 is 0 Å². The molecule has 0 unspecified atom stereocenters. The molecule has 0 aliphatic rings. The topological polar surface area (TPSA) is 16.1 Å². The molecule has 63 heavy (non-hydrogen) atoms. The van der Waals surface area contributed by atoms with Gasteiger partial charge in [0.25, 0.3) is 0 Å². The first-order chi connectivity index (χ1) is 31.1. The fourth-order valence-corrected chi connectivity index (χ4v) is 10.4. The van der Waals surface area contributed by atoms with Crippen molar-refractivity contribution in [3.8, 4) is 55.8 Å². The Balaban J connectivity index is 1.04. The zero-order valence-corrected chi connectivity index (χ0v) is 36.1. The Morgan fingerprint density at radius 3 is 1.70 bits per heavy atom. The molecule has 2 nitrogen and oxygen atoms in total. The Kier molecular flexibility index (Phi) is 9.95. The van der Waals surface area contributed by atoms with E-state index in [1.165, 1.54) is 70.2 Å². The minimum atomic E-state index is 0.424. The summed E-state index contributed by atoms with van der Waals surface area (Å²) in [4.78, 5) is 7.69. The molecule has 0 bridgehead atoms. The van der Waals surface area contributed by atoms with E-state index in [4.69, 9.17) is 4.98 Å². The van der Waals surface area contributed by atoms with Crippen LogP contribution in [-0.4, -0.2) is 4.98 Å². The highest BCUT2D eigenvalue weighted by Crippen LogP contribution is 2.43. The number of pyridine rings is 1. The number of rotatable bonds is 9. The zero-order valence-electron chi connectivity index (χ0n) is 35.2. The fourth-order valence-electron chi connectivity index (χ4n) is 9.20. The van der Waals surface area contributed by atoms with Crippen LogP contribution in [0.15, 0.2) is 224 Å². The van der Waals surface area contributed by atoms with E-state index in [-0.39, 0.29) is 0 Å². The first kappa shape index (κ1) is 38.3. The fraction of sp³-hybridized carbons (Fsp3) is 0.0500. The third kappa shape index (κ3) is 7.17. The molecule has 11 rings (SSSR count). The van der Waals surface area contributed by atoms with Gasteiger partial charge in [-0.25, -0.2) is 4.98 Å². The number of fused-ring (bicyclic) bond motifs is 4. The van der Waals surface area contributed by atoms with Crippen LogP contribution in [0.25, 0.3) is 86.8 Å². The van der Waals surface area contributed by atoms with Crippen molar-refractivity contribution in [2.24, 2.45) is 0 Å². The molecular formula is C60H44N2S. The average Bonchev–Trinajstić information content (AvgIpc) is 3.74. The van der Waals surface area contributed by atoms with Gasteiger partial charge >= 0.3 is 0 Å². The Labute approximate surface area is 373 Å². The number of para-hydroxylation sites is 1. The van der Waals surface area contributed by atoms with Crippen molar-refractivity contribution in [3.63, 3.8) is 0 Å². The van der Waals surface area contributed by atoms with Gasteiger partial charge in [-0.05, 0) is 111 Å². The molecule has 0 radical (unpaired) electrons. The lowest BCUT2D eigenvalue weighted by atomic mass is 9.91. The van der Waals surface area contributed by atoms with Crippen molar-refractivity contribution >= 4 is 59.5 Å². The Morgan fingerprint density at radius 2 is 0.937 bits per heavy atom. The molecule has 0 saturated heterocycles. The molecular weight excluding hydrogens is 781 g/mol. The van der Waals surface area contributed by atoms with Crippen LogP contribution < -0.4 is 4.90 Å². The molecule has 3 heteroatoms. The van der Waals surface area contributed by atoms with Crippen LogP contribution in [0.3, 0.4) is 0 Å². The maximum Gasteiger partial charge on any atom is 0.0716 e. The summed E-state index contributed by atoms with van der Waals surface area (Å²) in [6, 6.07) is 81.4. The highest BCUT2D eigenvalue weighted by molar-refractivity contribution is 7.26. The first-order valence-electron chi connectivity index (χ1n) is 21.7. The van der Waals surface area contributed by atoms with Crippen LogP contribution in [0.4, 0.5) is 17.1 Å². The van der Waals surface area contributed by atoms with Crippen molar-refractivity contribution in [2.75, 3.05) is 4.90 Å². The van der Waals surface area contributed by atoms with E-state index in [9.17, 15) is 0 Å². The van der Waals surface area contributed by atoms with E-state index in [1.54, 1.807) is 0 Å². The van der Waals surface area contributed by atoms with Gasteiger partial charge in [-0.1, -0.05) is 184 Å². The van der Waals surface area contributed by atoms with Gasteiger partial charge in [0.1, 0.15) is 0 Å². The maximum atomic E-state index is 5.32. The lowest BCUT2D eigenvalue weighted by Gasteiger charge is -2.26. The lowest BCUT2D eigenvalue weighted by molar-refractivity contribution is 0.869. The molecule has 0 atom stereocenters. The number of benzene rings is 9. The molecule has 0 aliphatic heterocycles. The summed E-state index contributed by atoms with van der Waals surface area (Å²) >= 11 is 1.87. The Hall–Kier alpha value is -7.59. The minimum absolute atomic E-state index is 0.424. The Morgan fingerprint density at radius 1 is 0.381 bits per heavy atom. The summed E-state index contributed by atoms with van der Waals surface area (Å²) in [5.41, 5.74) is 17.2. The summed E-state index contributed by atoms with van der Waals surface area (Å²) in [7, 11) is 0. The molecule has 2 aromatic heterocycles. The number of anilines is 3. The van der Waals surface area contributed by atoms with E-state index in [2.05, 4.69) is 243 Å². The van der Waals surface area contributed by atoms with E-state index >= 15 is 0 Å². The molecule has 11 aromatic rings. The maximum absolute atomic E-state index is 5.32. The number of thiophene rings is 1. The smallest absolute Gasteiger partial charge is 0.0716 e. The van der Waals surface area contributed by atoms with Gasteiger partial charge in [0, 0.05) is 48.2 Å². The van der Waals surface area contributed by atoms with Gasteiger partial charge in [0.15, 0.2) is 0 Å². The second-order valence-electron chi connectivity index (χ2n) is 16.5. The molecule has 0 aliphatic carbocycles. The van der Waals surface area contributed by atoms with E-state index in [0.29, 0.717) is 5.92 Å². The molecule has 0 saturated carbocycles. The average molecular weight is 825 g/mol. The highest BCUT2D eigenvalue weighted by atomic mass is 32.1.